The van der Waals surface area contributed by atoms with Gasteiger partial charge in [-0.2, -0.15) is 5.26 Å². The predicted molar refractivity (Wildman–Crippen MR) is 136 cm³/mol. The predicted octanol–water partition coefficient (Wildman–Crippen LogP) is 5.64. The standard InChI is InChI=1S/C27H19N7O/c28-16-18-1-10-24-23(15-18)25(11-14-30-24)32-20-4-2-19(3-5-20)27(35)34-22-8-6-21(7-9-22)33-26-12-13-29-17-31-26/h1-15,17H,(H,30,32)(H,34,35)(H,29,31,33). The number of nitrogens with zero attached hydrogens (tertiary/aromatic N) is 4. The van der Waals surface area contributed by atoms with Gasteiger partial charge in [0.15, 0.2) is 0 Å². The first-order valence-corrected chi connectivity index (χ1v) is 10.8. The molecule has 168 valence electrons. The molecule has 5 aromatic rings. The smallest absolute Gasteiger partial charge is 0.255 e. The molecule has 0 unspecified atom stereocenters. The van der Waals surface area contributed by atoms with Crippen LogP contribution in [-0.4, -0.2) is 20.9 Å². The zero-order chi connectivity index (χ0) is 24.0. The SMILES string of the molecule is N#Cc1ccc2nccc(Nc3ccc(C(=O)Nc4ccc(Nc5ccncn5)cc4)cc3)c2c1. The van der Waals surface area contributed by atoms with Crippen LogP contribution in [-0.2, 0) is 0 Å². The van der Waals surface area contributed by atoms with E-state index in [1.165, 1.54) is 6.33 Å². The monoisotopic (exact) mass is 457 g/mol. The summed E-state index contributed by atoms with van der Waals surface area (Å²) in [6.07, 6.45) is 4.85. The highest BCUT2D eigenvalue weighted by Crippen LogP contribution is 2.26. The first-order valence-electron chi connectivity index (χ1n) is 10.8. The second-order valence-electron chi connectivity index (χ2n) is 7.66. The van der Waals surface area contributed by atoms with E-state index in [9.17, 15) is 10.1 Å². The van der Waals surface area contributed by atoms with Crippen molar-refractivity contribution < 1.29 is 4.79 Å². The second kappa shape index (κ2) is 9.68. The van der Waals surface area contributed by atoms with Gasteiger partial charge in [0.1, 0.15) is 12.1 Å². The number of carbonyl (C=O) groups is 1. The zero-order valence-electron chi connectivity index (χ0n) is 18.4. The van der Waals surface area contributed by atoms with Gasteiger partial charge in [-0.05, 0) is 78.9 Å². The van der Waals surface area contributed by atoms with E-state index in [2.05, 4.69) is 37.0 Å². The number of anilines is 5. The Kier molecular flexibility index (Phi) is 5.96. The summed E-state index contributed by atoms with van der Waals surface area (Å²) in [7, 11) is 0. The van der Waals surface area contributed by atoms with Crippen molar-refractivity contribution in [1.82, 2.24) is 15.0 Å². The van der Waals surface area contributed by atoms with E-state index in [-0.39, 0.29) is 5.91 Å². The van der Waals surface area contributed by atoms with Gasteiger partial charge in [-0.15, -0.1) is 0 Å². The van der Waals surface area contributed by atoms with Crippen molar-refractivity contribution >= 4 is 45.4 Å². The summed E-state index contributed by atoms with van der Waals surface area (Å²) >= 11 is 0. The maximum atomic E-state index is 12.7. The Bertz CT molecular complexity index is 1530. The third-order valence-electron chi connectivity index (χ3n) is 5.29. The number of fused-ring (bicyclic) bond motifs is 1. The Morgan fingerprint density at radius 2 is 1.51 bits per heavy atom. The molecule has 8 heteroatoms. The minimum absolute atomic E-state index is 0.207. The zero-order valence-corrected chi connectivity index (χ0v) is 18.4. The molecular weight excluding hydrogens is 438 g/mol. The highest BCUT2D eigenvalue weighted by Gasteiger charge is 2.08. The van der Waals surface area contributed by atoms with E-state index >= 15 is 0 Å². The molecule has 0 saturated carbocycles. The van der Waals surface area contributed by atoms with Crippen LogP contribution in [0.5, 0.6) is 0 Å². The number of rotatable bonds is 6. The van der Waals surface area contributed by atoms with Gasteiger partial charge in [0, 0.05) is 46.1 Å². The summed E-state index contributed by atoms with van der Waals surface area (Å²) in [5.74, 6) is 0.483. The lowest BCUT2D eigenvalue weighted by atomic mass is 10.1. The Balaban J connectivity index is 1.25. The van der Waals surface area contributed by atoms with Crippen molar-refractivity contribution in [3.63, 3.8) is 0 Å². The maximum absolute atomic E-state index is 12.7. The van der Waals surface area contributed by atoms with E-state index < -0.39 is 0 Å². The Labute approximate surface area is 201 Å². The van der Waals surface area contributed by atoms with Crippen LogP contribution < -0.4 is 16.0 Å². The van der Waals surface area contributed by atoms with Crippen molar-refractivity contribution in [2.45, 2.75) is 0 Å². The first-order chi connectivity index (χ1) is 17.2. The maximum Gasteiger partial charge on any atom is 0.255 e. The molecule has 3 N–H and O–H groups in total. The second-order valence-corrected chi connectivity index (χ2v) is 7.66. The topological polar surface area (TPSA) is 116 Å². The third-order valence-corrected chi connectivity index (χ3v) is 5.29. The molecule has 0 spiro atoms. The van der Waals surface area contributed by atoms with Crippen molar-refractivity contribution in [2.75, 3.05) is 16.0 Å². The summed E-state index contributed by atoms with van der Waals surface area (Å²) in [4.78, 5) is 25.1. The van der Waals surface area contributed by atoms with Crippen LogP contribution in [0, 0.1) is 11.3 Å². The lowest BCUT2D eigenvalue weighted by Crippen LogP contribution is -2.11. The molecule has 5 rings (SSSR count). The molecule has 1 amide bonds. The van der Waals surface area contributed by atoms with Crippen LogP contribution in [0.4, 0.5) is 28.6 Å². The number of hydrogen-bond acceptors (Lipinski definition) is 7. The molecule has 35 heavy (non-hydrogen) atoms. The number of pyridine rings is 1. The van der Waals surface area contributed by atoms with Crippen LogP contribution in [0.25, 0.3) is 10.9 Å². The summed E-state index contributed by atoms with van der Waals surface area (Å²) in [6.45, 7) is 0. The van der Waals surface area contributed by atoms with Gasteiger partial charge in [-0.3, -0.25) is 9.78 Å². The molecule has 0 atom stereocenters. The molecule has 0 bridgehead atoms. The van der Waals surface area contributed by atoms with Crippen LogP contribution in [0.2, 0.25) is 0 Å². The molecule has 2 heterocycles. The number of aromatic nitrogens is 3. The van der Waals surface area contributed by atoms with E-state index in [4.69, 9.17) is 0 Å². The summed E-state index contributed by atoms with van der Waals surface area (Å²) in [6, 6.07) is 25.7. The number of nitriles is 1. The minimum atomic E-state index is -0.207. The van der Waals surface area contributed by atoms with Gasteiger partial charge < -0.3 is 16.0 Å². The Morgan fingerprint density at radius 1 is 0.771 bits per heavy atom. The lowest BCUT2D eigenvalue weighted by molar-refractivity contribution is 0.102. The normalized spacial score (nSPS) is 10.4. The van der Waals surface area contributed by atoms with Crippen LogP contribution in [0.1, 0.15) is 15.9 Å². The number of amides is 1. The molecule has 8 nitrogen and oxygen atoms in total. The molecule has 0 saturated heterocycles. The summed E-state index contributed by atoms with van der Waals surface area (Å²) < 4.78 is 0. The molecular formula is C27H19N7O. The fourth-order valence-electron chi connectivity index (χ4n) is 3.54. The van der Waals surface area contributed by atoms with Crippen molar-refractivity contribution in [1.29, 1.82) is 5.26 Å². The summed E-state index contributed by atoms with van der Waals surface area (Å²) in [5.41, 5.74) is 5.08. The van der Waals surface area contributed by atoms with Crippen molar-refractivity contribution in [3.8, 4) is 6.07 Å². The van der Waals surface area contributed by atoms with E-state index in [0.717, 1.165) is 28.0 Å². The highest BCUT2D eigenvalue weighted by atomic mass is 16.1. The van der Waals surface area contributed by atoms with Gasteiger partial charge in [0.05, 0.1) is 17.1 Å². The van der Waals surface area contributed by atoms with Crippen LogP contribution in [0.15, 0.2) is 97.6 Å². The van der Waals surface area contributed by atoms with E-state index in [0.29, 0.717) is 22.6 Å². The lowest BCUT2D eigenvalue weighted by Gasteiger charge is -2.11. The molecule has 0 aliphatic carbocycles. The average molecular weight is 457 g/mol. The highest BCUT2D eigenvalue weighted by molar-refractivity contribution is 6.04. The number of hydrogen-bond donors (Lipinski definition) is 3. The molecule has 2 aromatic heterocycles. The first kappa shape index (κ1) is 21.6. The van der Waals surface area contributed by atoms with Crippen LogP contribution >= 0.6 is 0 Å². The fourth-order valence-corrected chi connectivity index (χ4v) is 3.54. The van der Waals surface area contributed by atoms with Crippen molar-refractivity contribution in [2.24, 2.45) is 0 Å². The van der Waals surface area contributed by atoms with Crippen molar-refractivity contribution in [3.05, 3.63) is 109 Å². The quantitative estimate of drug-likeness (QED) is 0.302. The third kappa shape index (κ3) is 5.05. The number of carbonyl (C=O) groups excluding carboxylic acids is 1. The Morgan fingerprint density at radius 3 is 2.26 bits per heavy atom. The number of nitrogens with one attached hydrogen (secondary N) is 3. The van der Waals surface area contributed by atoms with Gasteiger partial charge >= 0.3 is 0 Å². The number of benzene rings is 3. The van der Waals surface area contributed by atoms with Gasteiger partial charge in [0.2, 0.25) is 0 Å². The average Bonchev–Trinajstić information content (AvgIpc) is 2.91. The van der Waals surface area contributed by atoms with Gasteiger partial charge in [-0.25, -0.2) is 9.97 Å². The van der Waals surface area contributed by atoms with E-state index in [1.807, 2.05) is 48.5 Å². The summed E-state index contributed by atoms with van der Waals surface area (Å²) in [5, 5.41) is 19.5. The Hall–Kier alpha value is -5.29. The van der Waals surface area contributed by atoms with Crippen LogP contribution in [0.3, 0.4) is 0 Å². The molecule has 0 radical (unpaired) electrons. The molecule has 0 aliphatic heterocycles. The van der Waals surface area contributed by atoms with Gasteiger partial charge in [-0.1, -0.05) is 0 Å². The van der Waals surface area contributed by atoms with E-state index in [1.54, 1.807) is 42.7 Å². The molecule has 0 fully saturated rings. The minimum Gasteiger partial charge on any atom is -0.355 e. The molecule has 3 aromatic carbocycles. The van der Waals surface area contributed by atoms with Gasteiger partial charge in [0.25, 0.3) is 5.91 Å². The molecule has 0 aliphatic rings. The fraction of sp³-hybridized carbons (Fsp3) is 0. The largest absolute Gasteiger partial charge is 0.355 e.